The number of fused-ring (bicyclic) bond motifs is 1. The van der Waals surface area contributed by atoms with E-state index in [0.717, 1.165) is 12.0 Å². The van der Waals surface area contributed by atoms with Crippen LogP contribution in [0.2, 0.25) is 0 Å². The Labute approximate surface area is 172 Å². The Morgan fingerprint density at radius 2 is 1.69 bits per heavy atom. The van der Waals surface area contributed by atoms with Crippen LogP contribution in [0.3, 0.4) is 0 Å². The third-order valence-corrected chi connectivity index (χ3v) is 5.66. The average Bonchev–Trinajstić information content (AvgIpc) is 3.19. The molecule has 3 aromatic carbocycles. The number of hydrogen-bond acceptors (Lipinski definition) is 3. The second-order valence-corrected chi connectivity index (χ2v) is 8.40. The predicted molar refractivity (Wildman–Crippen MR) is 115 cm³/mol. The fourth-order valence-electron chi connectivity index (χ4n) is 3.29. The summed E-state index contributed by atoms with van der Waals surface area (Å²) in [6.45, 7) is 3.02. The van der Waals surface area contributed by atoms with E-state index in [4.69, 9.17) is 0 Å². The molecule has 0 spiro atoms. The van der Waals surface area contributed by atoms with Gasteiger partial charge in [0.25, 0.3) is 0 Å². The third-order valence-electron chi connectivity index (χ3n) is 4.81. The van der Waals surface area contributed by atoms with E-state index in [1.54, 1.807) is 12.1 Å². The van der Waals surface area contributed by atoms with Gasteiger partial charge in [-0.05, 0) is 31.0 Å². The molecule has 4 nitrogen and oxygen atoms in total. The number of quaternary nitrogens is 1. The van der Waals surface area contributed by atoms with Crippen molar-refractivity contribution in [2.24, 2.45) is 0 Å². The van der Waals surface area contributed by atoms with Gasteiger partial charge >= 0.3 is 0 Å². The number of para-hydroxylation sites is 1. The fourth-order valence-corrected chi connectivity index (χ4v) is 3.76. The number of allylic oxidation sites excluding steroid dienone is 1. The Balaban J connectivity index is 0.000000188. The van der Waals surface area contributed by atoms with Crippen molar-refractivity contribution in [3.05, 3.63) is 101 Å². The lowest BCUT2D eigenvalue weighted by Gasteiger charge is -2.05. The van der Waals surface area contributed by atoms with Crippen LogP contribution in [-0.2, 0) is 23.0 Å². The summed E-state index contributed by atoms with van der Waals surface area (Å²) in [7, 11) is -4.27. The van der Waals surface area contributed by atoms with E-state index in [9.17, 15) is 13.0 Å². The van der Waals surface area contributed by atoms with Crippen molar-refractivity contribution in [1.29, 1.82) is 0 Å². The van der Waals surface area contributed by atoms with Gasteiger partial charge in [-0.3, -0.25) is 0 Å². The van der Waals surface area contributed by atoms with Gasteiger partial charge in [-0.1, -0.05) is 78.4 Å². The predicted octanol–water partition coefficient (Wildman–Crippen LogP) is 3.59. The van der Waals surface area contributed by atoms with Gasteiger partial charge in [0.15, 0.2) is 0 Å². The van der Waals surface area contributed by atoms with Crippen molar-refractivity contribution in [2.45, 2.75) is 24.7 Å². The molecule has 3 aromatic rings. The third kappa shape index (κ3) is 6.12. The molecule has 1 aliphatic heterocycles. The van der Waals surface area contributed by atoms with Crippen LogP contribution in [0, 0.1) is 6.92 Å². The normalized spacial score (nSPS) is 13.0. The molecule has 0 aliphatic carbocycles. The van der Waals surface area contributed by atoms with Gasteiger partial charge in [0.1, 0.15) is 15.8 Å². The number of hydrogen-bond donors (Lipinski definition) is 1. The van der Waals surface area contributed by atoms with Gasteiger partial charge in [-0.25, -0.2) is 8.42 Å². The van der Waals surface area contributed by atoms with Crippen molar-refractivity contribution in [3.63, 3.8) is 0 Å². The minimum absolute atomic E-state index is 0.178. The highest BCUT2D eigenvalue weighted by atomic mass is 32.2. The molecule has 0 unspecified atom stereocenters. The van der Waals surface area contributed by atoms with Gasteiger partial charge in [0.2, 0.25) is 0 Å². The second kappa shape index (κ2) is 9.65. The summed E-state index contributed by atoms with van der Waals surface area (Å²) in [5.74, 6) is 0. The van der Waals surface area contributed by atoms with Crippen molar-refractivity contribution in [1.82, 2.24) is 0 Å². The quantitative estimate of drug-likeness (QED) is 0.531. The van der Waals surface area contributed by atoms with Crippen LogP contribution in [0.25, 0.3) is 6.08 Å². The molecule has 150 valence electrons. The van der Waals surface area contributed by atoms with Gasteiger partial charge < -0.3 is 9.87 Å². The Bertz CT molecular complexity index is 1070. The molecule has 0 amide bonds. The Hall–Kier alpha value is -2.73. The molecule has 0 bridgehead atoms. The van der Waals surface area contributed by atoms with Gasteiger partial charge in [-0.15, -0.1) is 0 Å². The summed E-state index contributed by atoms with van der Waals surface area (Å²) in [6, 6.07) is 22.9. The molecule has 0 fully saturated rings. The molecule has 1 heterocycles. The van der Waals surface area contributed by atoms with Crippen LogP contribution < -0.4 is 5.32 Å². The molecule has 1 aliphatic rings. The zero-order valence-electron chi connectivity index (χ0n) is 16.4. The van der Waals surface area contributed by atoms with Crippen molar-refractivity contribution in [2.75, 3.05) is 6.54 Å². The lowest BCUT2D eigenvalue weighted by molar-refractivity contribution is -0.561. The summed E-state index contributed by atoms with van der Waals surface area (Å²) < 4.78 is 31.2. The van der Waals surface area contributed by atoms with E-state index >= 15 is 0 Å². The van der Waals surface area contributed by atoms with Gasteiger partial charge in [0.05, 0.1) is 11.4 Å². The van der Waals surface area contributed by atoms with E-state index in [2.05, 4.69) is 66.0 Å². The van der Waals surface area contributed by atoms with Crippen LogP contribution in [0.1, 0.15) is 22.3 Å². The highest BCUT2D eigenvalue weighted by Crippen LogP contribution is 2.20. The largest absolute Gasteiger partial charge is 0.744 e. The number of aryl methyl sites for hydroxylation is 1. The molecular formula is C24H25NO3S. The second-order valence-electron chi connectivity index (χ2n) is 7.02. The fraction of sp³-hybridized carbons (Fsp3) is 0.167. The van der Waals surface area contributed by atoms with Gasteiger partial charge in [0, 0.05) is 17.5 Å². The summed E-state index contributed by atoms with van der Waals surface area (Å²) >= 11 is 0. The van der Waals surface area contributed by atoms with E-state index in [-0.39, 0.29) is 4.90 Å². The minimum atomic E-state index is -4.27. The molecule has 0 atom stereocenters. The zero-order chi connectivity index (χ0) is 20.7. The standard InChI is InChI=1S/C17H17N.C7H8O3S/c1-2-6-14(7-3-1)8-4-9-15-10-5-11-16-12-13-18-17(15)16;1-6-2-4-7(5-3-6)11(8,9)10/h1-8,10-11,18H,9,12-13H2;2-5H,1H3,(H,8,9,10)/b8-4+;. The van der Waals surface area contributed by atoms with Crippen molar-refractivity contribution < 1.29 is 18.3 Å². The Morgan fingerprint density at radius 1 is 0.966 bits per heavy atom. The van der Waals surface area contributed by atoms with E-state index < -0.39 is 10.1 Å². The average molecular weight is 408 g/mol. The van der Waals surface area contributed by atoms with Crippen LogP contribution in [0.5, 0.6) is 0 Å². The van der Waals surface area contributed by atoms with E-state index in [0.29, 0.717) is 0 Å². The molecule has 0 aromatic heterocycles. The highest BCUT2D eigenvalue weighted by molar-refractivity contribution is 7.85. The summed E-state index contributed by atoms with van der Waals surface area (Å²) in [6.07, 6.45) is 6.70. The lowest BCUT2D eigenvalue weighted by atomic mass is 10.0. The number of nitrogens with two attached hydrogens (primary N) is 1. The topological polar surface area (TPSA) is 73.8 Å². The number of rotatable bonds is 4. The Morgan fingerprint density at radius 3 is 2.38 bits per heavy atom. The maximum atomic E-state index is 10.4. The van der Waals surface area contributed by atoms with Crippen molar-refractivity contribution in [3.8, 4) is 0 Å². The molecule has 4 rings (SSSR count). The maximum Gasteiger partial charge on any atom is 0.136 e. The molecule has 0 saturated heterocycles. The molecule has 0 saturated carbocycles. The molecule has 29 heavy (non-hydrogen) atoms. The smallest absolute Gasteiger partial charge is 0.136 e. The van der Waals surface area contributed by atoms with Gasteiger partial charge in [-0.2, -0.15) is 0 Å². The summed E-state index contributed by atoms with van der Waals surface area (Å²) in [5, 5.41) is 2.38. The molecular weight excluding hydrogens is 382 g/mol. The first-order valence-electron chi connectivity index (χ1n) is 9.61. The molecule has 5 heteroatoms. The van der Waals surface area contributed by atoms with Crippen LogP contribution >= 0.6 is 0 Å². The van der Waals surface area contributed by atoms with E-state index in [1.165, 1.54) is 47.5 Å². The molecule has 0 radical (unpaired) electrons. The highest BCUT2D eigenvalue weighted by Gasteiger charge is 2.17. The first-order chi connectivity index (χ1) is 13.9. The van der Waals surface area contributed by atoms with Crippen LogP contribution in [-0.4, -0.2) is 19.5 Å². The Kier molecular flexibility index (Phi) is 6.99. The monoisotopic (exact) mass is 407 g/mol. The molecule has 2 N–H and O–H groups in total. The first kappa shape index (κ1) is 21.0. The SMILES string of the molecule is C(=C\c1ccccc1)/Cc1cccc2c1[NH2+]CC2.Cc1ccc(S(=O)(=O)[O-])cc1. The first-order valence-corrected chi connectivity index (χ1v) is 11.0. The minimum Gasteiger partial charge on any atom is -0.744 e. The zero-order valence-corrected chi connectivity index (χ0v) is 17.2. The maximum absolute atomic E-state index is 10.4. The summed E-state index contributed by atoms with van der Waals surface area (Å²) in [5.41, 5.74) is 6.65. The van der Waals surface area contributed by atoms with Crippen LogP contribution in [0.15, 0.2) is 83.8 Å². The number of benzene rings is 3. The van der Waals surface area contributed by atoms with Crippen LogP contribution in [0.4, 0.5) is 5.69 Å². The lowest BCUT2D eigenvalue weighted by Crippen LogP contribution is -2.76. The summed E-state index contributed by atoms with van der Waals surface area (Å²) in [4.78, 5) is -0.178. The van der Waals surface area contributed by atoms with Crippen molar-refractivity contribution >= 4 is 21.9 Å². The van der Waals surface area contributed by atoms with E-state index in [1.807, 2.05) is 6.92 Å².